The lowest BCUT2D eigenvalue weighted by molar-refractivity contribution is 0.0957. The Morgan fingerprint density at radius 3 is 2.84 bits per heavy atom. The van der Waals surface area contributed by atoms with Crippen molar-refractivity contribution in [2.45, 2.75) is 6.42 Å². The molecule has 0 atom stereocenters. The lowest BCUT2D eigenvalue weighted by atomic mass is 10.4. The number of carbonyl (C=O) groups excluding carboxylic acids is 1. The number of aliphatic hydroxyl groups is 1. The second-order valence-electron chi connectivity index (χ2n) is 3.86. The molecule has 0 aromatic carbocycles. The fraction of sp³-hybridized carbons (Fsp3) is 0.417. The number of carbonyl (C=O) groups is 1. The molecule has 0 radical (unpaired) electrons. The molecule has 1 amide bonds. The highest BCUT2D eigenvalue weighted by Crippen LogP contribution is 2.15. The van der Waals surface area contributed by atoms with Crippen LogP contribution in [-0.4, -0.2) is 44.6 Å². The molecule has 0 bridgehead atoms. The normalized spacial score (nSPS) is 10.6. The van der Waals surface area contributed by atoms with Crippen LogP contribution in [0, 0.1) is 11.8 Å². The lowest BCUT2D eigenvalue weighted by Gasteiger charge is -2.02. The number of thiophene rings is 1. The van der Waals surface area contributed by atoms with Crippen LogP contribution in [0.25, 0.3) is 0 Å². The third kappa shape index (κ3) is 6.38. The van der Waals surface area contributed by atoms with Crippen LogP contribution in [0.1, 0.15) is 21.0 Å². The summed E-state index contributed by atoms with van der Waals surface area (Å²) in [6, 6.07) is 3.36. The van der Waals surface area contributed by atoms with Gasteiger partial charge in [0.2, 0.25) is 0 Å². The topological polar surface area (TPSA) is 83.5 Å². The van der Waals surface area contributed by atoms with Crippen molar-refractivity contribution in [2.24, 2.45) is 0 Å². The minimum Gasteiger partial charge on any atom is -0.384 e. The van der Waals surface area contributed by atoms with E-state index in [1.54, 1.807) is 12.1 Å². The molecule has 1 rings (SSSR count). The molecule has 0 fully saturated rings. The van der Waals surface area contributed by atoms with Crippen molar-refractivity contribution in [1.82, 2.24) is 5.32 Å². The van der Waals surface area contributed by atoms with Crippen molar-refractivity contribution in [1.29, 1.82) is 0 Å². The molecular weight excluding hydrogens is 286 g/mol. The zero-order valence-corrected chi connectivity index (χ0v) is 12.1. The number of hydrogen-bond acceptors (Lipinski definition) is 5. The van der Waals surface area contributed by atoms with Gasteiger partial charge < -0.3 is 10.4 Å². The fourth-order valence-corrected chi connectivity index (χ4v) is 2.74. The zero-order valence-electron chi connectivity index (χ0n) is 10.5. The van der Waals surface area contributed by atoms with Gasteiger partial charge in [-0.1, -0.05) is 11.8 Å². The molecule has 0 saturated carbocycles. The SMILES string of the molecule is CS(=O)(=O)CCCNC(=O)c1ccc(C#CCO)s1. The molecule has 19 heavy (non-hydrogen) atoms. The molecule has 0 aliphatic heterocycles. The largest absolute Gasteiger partial charge is 0.384 e. The first kappa shape index (κ1) is 15.7. The van der Waals surface area contributed by atoms with Gasteiger partial charge in [0.15, 0.2) is 0 Å². The van der Waals surface area contributed by atoms with E-state index in [2.05, 4.69) is 17.2 Å². The summed E-state index contributed by atoms with van der Waals surface area (Å²) in [5, 5.41) is 11.2. The van der Waals surface area contributed by atoms with E-state index in [1.165, 1.54) is 17.6 Å². The highest BCUT2D eigenvalue weighted by Gasteiger charge is 2.08. The molecule has 2 N–H and O–H groups in total. The first-order valence-electron chi connectivity index (χ1n) is 5.58. The molecular formula is C12H15NO4S2. The molecule has 5 nitrogen and oxygen atoms in total. The lowest BCUT2D eigenvalue weighted by Crippen LogP contribution is -2.25. The van der Waals surface area contributed by atoms with E-state index in [-0.39, 0.29) is 18.3 Å². The number of sulfone groups is 1. The highest BCUT2D eigenvalue weighted by atomic mass is 32.2. The van der Waals surface area contributed by atoms with Gasteiger partial charge in [0.25, 0.3) is 5.91 Å². The Hall–Kier alpha value is -1.36. The maximum atomic E-state index is 11.7. The van der Waals surface area contributed by atoms with Gasteiger partial charge in [0, 0.05) is 12.8 Å². The van der Waals surface area contributed by atoms with Crippen LogP contribution in [0.5, 0.6) is 0 Å². The third-order valence-corrected chi connectivity index (χ3v) is 4.13. The van der Waals surface area contributed by atoms with Crippen molar-refractivity contribution >= 4 is 27.1 Å². The average Bonchev–Trinajstić information content (AvgIpc) is 2.79. The highest BCUT2D eigenvalue weighted by molar-refractivity contribution is 7.90. The number of aliphatic hydroxyl groups excluding tert-OH is 1. The Balaban J connectivity index is 2.43. The molecule has 0 aliphatic carbocycles. The van der Waals surface area contributed by atoms with Crippen molar-refractivity contribution in [3.63, 3.8) is 0 Å². The minimum absolute atomic E-state index is 0.0605. The molecule has 1 aromatic rings. The summed E-state index contributed by atoms with van der Waals surface area (Å²) in [5.41, 5.74) is 0. The van der Waals surface area contributed by atoms with E-state index in [1.807, 2.05) is 0 Å². The minimum atomic E-state index is -2.98. The smallest absolute Gasteiger partial charge is 0.261 e. The van der Waals surface area contributed by atoms with Gasteiger partial charge in [-0.2, -0.15) is 0 Å². The van der Waals surface area contributed by atoms with Crippen molar-refractivity contribution < 1.29 is 18.3 Å². The van der Waals surface area contributed by atoms with Crippen LogP contribution in [-0.2, 0) is 9.84 Å². The van der Waals surface area contributed by atoms with Crippen LogP contribution >= 0.6 is 11.3 Å². The Kier molecular flexibility index (Phi) is 6.02. The van der Waals surface area contributed by atoms with E-state index in [0.717, 1.165) is 0 Å². The quantitative estimate of drug-likeness (QED) is 0.603. The fourth-order valence-electron chi connectivity index (χ4n) is 1.28. The molecule has 0 unspecified atom stereocenters. The van der Waals surface area contributed by atoms with Crippen LogP contribution in [0.3, 0.4) is 0 Å². The molecule has 7 heteroatoms. The standard InChI is InChI=1S/C12H15NO4S2/c1-19(16,17)9-3-7-13-12(15)11-6-5-10(18-11)4-2-8-14/h5-6,14H,3,7-9H2,1H3,(H,13,15). The summed E-state index contributed by atoms with van der Waals surface area (Å²) in [4.78, 5) is 12.9. The van der Waals surface area contributed by atoms with Gasteiger partial charge in [-0.3, -0.25) is 4.79 Å². The summed E-state index contributed by atoms with van der Waals surface area (Å²) in [6.45, 7) is 0.104. The maximum absolute atomic E-state index is 11.7. The van der Waals surface area contributed by atoms with Gasteiger partial charge in [0.05, 0.1) is 15.5 Å². The van der Waals surface area contributed by atoms with Gasteiger partial charge in [0.1, 0.15) is 16.4 Å². The molecule has 1 aromatic heterocycles. The number of amides is 1. The van der Waals surface area contributed by atoms with Crippen molar-refractivity contribution in [3.05, 3.63) is 21.9 Å². The second kappa shape index (κ2) is 7.28. The van der Waals surface area contributed by atoms with Gasteiger partial charge in [-0.25, -0.2) is 8.42 Å². The second-order valence-corrected chi connectivity index (χ2v) is 7.21. The summed E-state index contributed by atoms with van der Waals surface area (Å²) in [7, 11) is -2.98. The Bertz CT molecular complexity index is 593. The molecule has 0 spiro atoms. The molecule has 1 heterocycles. The summed E-state index contributed by atoms with van der Waals surface area (Å²) < 4.78 is 21.8. The summed E-state index contributed by atoms with van der Waals surface area (Å²) >= 11 is 1.23. The number of rotatable bonds is 5. The Labute approximate surface area is 116 Å². The van der Waals surface area contributed by atoms with Gasteiger partial charge >= 0.3 is 0 Å². The van der Waals surface area contributed by atoms with Gasteiger partial charge in [-0.15, -0.1) is 11.3 Å². The number of hydrogen-bond donors (Lipinski definition) is 2. The zero-order chi connectivity index (χ0) is 14.3. The summed E-state index contributed by atoms with van der Waals surface area (Å²) in [5.74, 6) is 5.04. The van der Waals surface area contributed by atoms with E-state index in [4.69, 9.17) is 5.11 Å². The van der Waals surface area contributed by atoms with Crippen LogP contribution in [0.15, 0.2) is 12.1 Å². The van der Waals surface area contributed by atoms with E-state index >= 15 is 0 Å². The van der Waals surface area contributed by atoms with E-state index in [9.17, 15) is 13.2 Å². The molecule has 0 saturated heterocycles. The van der Waals surface area contributed by atoms with Crippen molar-refractivity contribution in [2.75, 3.05) is 25.2 Å². The average molecular weight is 301 g/mol. The van der Waals surface area contributed by atoms with Crippen LogP contribution in [0.4, 0.5) is 0 Å². The monoisotopic (exact) mass is 301 g/mol. The maximum Gasteiger partial charge on any atom is 0.261 e. The molecule has 0 aliphatic rings. The predicted molar refractivity (Wildman–Crippen MR) is 74.9 cm³/mol. The van der Waals surface area contributed by atoms with E-state index in [0.29, 0.717) is 22.7 Å². The predicted octanol–water partition coefficient (Wildman–Crippen LogP) is 0.256. The first-order valence-corrected chi connectivity index (χ1v) is 8.45. The third-order valence-electron chi connectivity index (χ3n) is 2.10. The Morgan fingerprint density at radius 1 is 1.47 bits per heavy atom. The number of nitrogens with one attached hydrogen (secondary N) is 1. The Morgan fingerprint density at radius 2 is 2.21 bits per heavy atom. The molecule has 104 valence electrons. The van der Waals surface area contributed by atoms with Crippen LogP contribution in [0.2, 0.25) is 0 Å². The van der Waals surface area contributed by atoms with Crippen molar-refractivity contribution in [3.8, 4) is 11.8 Å². The van der Waals surface area contributed by atoms with Gasteiger partial charge in [-0.05, 0) is 18.6 Å². The van der Waals surface area contributed by atoms with Crippen LogP contribution < -0.4 is 5.32 Å². The van der Waals surface area contributed by atoms with E-state index < -0.39 is 9.84 Å². The summed E-state index contributed by atoms with van der Waals surface area (Å²) in [6.07, 6.45) is 1.56. The first-order chi connectivity index (χ1) is 8.92.